The first-order valence-electron chi connectivity index (χ1n) is 15.0. The normalized spacial score (nSPS) is 12.5. The van der Waals surface area contributed by atoms with Gasteiger partial charge in [-0.05, 0) is 65.6 Å². The van der Waals surface area contributed by atoms with Crippen LogP contribution in [-0.4, -0.2) is 9.13 Å². The first-order valence-corrected chi connectivity index (χ1v) is 15.0. The van der Waals surface area contributed by atoms with E-state index in [1.54, 1.807) is 0 Å². The summed E-state index contributed by atoms with van der Waals surface area (Å²) in [5, 5.41) is 7.20. The lowest BCUT2D eigenvalue weighted by atomic mass is 9.84. The summed E-state index contributed by atoms with van der Waals surface area (Å²) in [5.41, 5.74) is 10.2. The average Bonchev–Trinajstić information content (AvgIpc) is 3.68. The van der Waals surface area contributed by atoms with E-state index < -0.39 is 0 Å². The maximum Gasteiger partial charge on any atom is 0.145 e. The highest BCUT2D eigenvalue weighted by molar-refractivity contribution is 6.31. The van der Waals surface area contributed by atoms with Gasteiger partial charge in [0.25, 0.3) is 0 Å². The van der Waals surface area contributed by atoms with Crippen LogP contribution in [0.5, 0.6) is 0 Å². The Balaban J connectivity index is 1.63. The van der Waals surface area contributed by atoms with E-state index in [0.29, 0.717) is 0 Å². The number of nitrogens with zero attached hydrogens (tertiary/aromatic N) is 2. The third-order valence-electron chi connectivity index (χ3n) is 9.01. The summed E-state index contributed by atoms with van der Waals surface area (Å²) in [6.45, 7) is 6.98. The highest BCUT2D eigenvalue weighted by Crippen LogP contribution is 2.48. The molecule has 0 radical (unpaired) electrons. The van der Waals surface area contributed by atoms with Crippen molar-refractivity contribution < 1.29 is 4.42 Å². The lowest BCUT2D eigenvalue weighted by Gasteiger charge is -2.23. The molecule has 0 saturated carbocycles. The van der Waals surface area contributed by atoms with Gasteiger partial charge in [-0.25, -0.2) is 0 Å². The predicted octanol–water partition coefficient (Wildman–Crippen LogP) is 11.1. The monoisotopic (exact) mass is 554 g/mol. The van der Waals surface area contributed by atoms with E-state index in [0.717, 1.165) is 38.5 Å². The van der Waals surface area contributed by atoms with Gasteiger partial charge in [-0.2, -0.15) is 0 Å². The number of hydrogen-bond acceptors (Lipinski definition) is 1. The summed E-state index contributed by atoms with van der Waals surface area (Å²) in [4.78, 5) is 0. The largest absolute Gasteiger partial charge is 0.455 e. The summed E-state index contributed by atoms with van der Waals surface area (Å²) >= 11 is 0. The second-order valence-corrected chi connectivity index (χ2v) is 12.6. The fraction of sp³-hybridized carbons (Fsp3) is 0.100. The van der Waals surface area contributed by atoms with Gasteiger partial charge in [-0.1, -0.05) is 93.6 Å². The molecule has 3 nitrogen and oxygen atoms in total. The van der Waals surface area contributed by atoms with Crippen LogP contribution in [0.1, 0.15) is 26.3 Å². The average molecular weight is 555 g/mol. The van der Waals surface area contributed by atoms with Crippen molar-refractivity contribution in [1.29, 1.82) is 0 Å². The molecule has 0 amide bonds. The Hall–Kier alpha value is -5.28. The van der Waals surface area contributed by atoms with Crippen molar-refractivity contribution in [1.82, 2.24) is 9.13 Å². The summed E-state index contributed by atoms with van der Waals surface area (Å²) in [6, 6.07) is 45.7. The minimum Gasteiger partial charge on any atom is -0.455 e. The SMILES string of the molecule is CC(C)(C)c1cc2c3c4oc5ccccc5c4ccc3n(-c3ccccc3)c2c2c3ccccc3n(-c3ccccc3)c12. The molecule has 0 fully saturated rings. The quantitative estimate of drug-likeness (QED) is 0.208. The number of para-hydroxylation sites is 4. The smallest absolute Gasteiger partial charge is 0.145 e. The van der Waals surface area contributed by atoms with Crippen LogP contribution in [0.4, 0.5) is 0 Å². The van der Waals surface area contributed by atoms with Gasteiger partial charge in [0.1, 0.15) is 11.2 Å². The molecule has 0 aliphatic rings. The second-order valence-electron chi connectivity index (χ2n) is 12.6. The highest BCUT2D eigenvalue weighted by Gasteiger charge is 2.29. The van der Waals surface area contributed by atoms with Crippen molar-refractivity contribution in [3.63, 3.8) is 0 Å². The topological polar surface area (TPSA) is 23.0 Å². The van der Waals surface area contributed by atoms with Crippen molar-refractivity contribution in [3.8, 4) is 11.4 Å². The maximum atomic E-state index is 6.70. The van der Waals surface area contributed by atoms with Crippen LogP contribution in [0.2, 0.25) is 0 Å². The van der Waals surface area contributed by atoms with Gasteiger partial charge in [-0.15, -0.1) is 0 Å². The number of aromatic nitrogens is 2. The summed E-state index contributed by atoms with van der Waals surface area (Å²) < 4.78 is 11.6. The molecule has 0 saturated heterocycles. The molecule has 3 aromatic heterocycles. The fourth-order valence-corrected chi connectivity index (χ4v) is 7.18. The van der Waals surface area contributed by atoms with E-state index in [4.69, 9.17) is 4.42 Å². The zero-order chi connectivity index (χ0) is 28.9. The van der Waals surface area contributed by atoms with Gasteiger partial charge in [0.15, 0.2) is 0 Å². The minimum absolute atomic E-state index is 0.115. The van der Waals surface area contributed by atoms with Gasteiger partial charge in [0, 0.05) is 38.3 Å². The molecule has 9 aromatic rings. The molecule has 0 atom stereocenters. The molecule has 3 heterocycles. The standard InChI is InChI=1S/C40H30N2O/c1-40(2,3)31-24-30-35-33(23-22-28-27-18-11-13-21-34(27)43-39(28)35)42(26-16-8-5-9-17-26)37(30)36-29-19-10-12-20-32(29)41(38(31)36)25-14-6-4-7-15-25/h4-24H,1-3H3. The molecule has 43 heavy (non-hydrogen) atoms. The van der Waals surface area contributed by atoms with E-state index in [9.17, 15) is 0 Å². The van der Waals surface area contributed by atoms with Crippen LogP contribution in [0, 0.1) is 0 Å². The molecule has 0 aliphatic carbocycles. The molecule has 206 valence electrons. The Morgan fingerprint density at radius 2 is 1.09 bits per heavy atom. The van der Waals surface area contributed by atoms with Gasteiger partial charge >= 0.3 is 0 Å². The van der Waals surface area contributed by atoms with Crippen molar-refractivity contribution in [2.75, 3.05) is 0 Å². The van der Waals surface area contributed by atoms with Crippen molar-refractivity contribution in [2.45, 2.75) is 26.2 Å². The van der Waals surface area contributed by atoms with Crippen molar-refractivity contribution >= 4 is 65.6 Å². The number of rotatable bonds is 2. The van der Waals surface area contributed by atoms with Gasteiger partial charge in [-0.3, -0.25) is 0 Å². The molecule has 6 aromatic carbocycles. The molecular weight excluding hydrogens is 524 g/mol. The van der Waals surface area contributed by atoms with Crippen LogP contribution in [-0.2, 0) is 5.41 Å². The summed E-state index contributed by atoms with van der Waals surface area (Å²) in [5.74, 6) is 0. The number of furan rings is 1. The van der Waals surface area contributed by atoms with E-state index >= 15 is 0 Å². The Labute approximate surface area is 249 Å². The summed E-state index contributed by atoms with van der Waals surface area (Å²) in [7, 11) is 0. The second kappa shape index (κ2) is 8.62. The van der Waals surface area contributed by atoms with Gasteiger partial charge in [0.05, 0.1) is 27.5 Å². The van der Waals surface area contributed by atoms with Crippen LogP contribution < -0.4 is 0 Å². The van der Waals surface area contributed by atoms with E-state index in [1.807, 2.05) is 0 Å². The highest BCUT2D eigenvalue weighted by atomic mass is 16.3. The lowest BCUT2D eigenvalue weighted by molar-refractivity contribution is 0.594. The Kier molecular flexibility index (Phi) is 4.88. The van der Waals surface area contributed by atoms with Crippen LogP contribution in [0.3, 0.4) is 0 Å². The molecule has 0 spiro atoms. The third-order valence-corrected chi connectivity index (χ3v) is 9.01. The molecule has 0 aliphatic heterocycles. The first-order chi connectivity index (χ1) is 21.0. The van der Waals surface area contributed by atoms with Crippen LogP contribution in [0.25, 0.3) is 76.9 Å². The fourth-order valence-electron chi connectivity index (χ4n) is 7.18. The van der Waals surface area contributed by atoms with Crippen LogP contribution in [0.15, 0.2) is 132 Å². The number of fused-ring (bicyclic) bond motifs is 11. The zero-order valence-corrected chi connectivity index (χ0v) is 24.4. The molecule has 0 unspecified atom stereocenters. The third kappa shape index (κ3) is 3.31. The predicted molar refractivity (Wildman–Crippen MR) is 181 cm³/mol. The van der Waals surface area contributed by atoms with E-state index in [2.05, 4.69) is 157 Å². The summed E-state index contributed by atoms with van der Waals surface area (Å²) in [6.07, 6.45) is 0. The van der Waals surface area contributed by atoms with Crippen molar-refractivity contribution in [2.24, 2.45) is 0 Å². The van der Waals surface area contributed by atoms with E-state index in [1.165, 1.54) is 44.0 Å². The maximum absolute atomic E-state index is 6.70. The molecule has 0 bridgehead atoms. The number of benzene rings is 6. The van der Waals surface area contributed by atoms with Gasteiger partial charge < -0.3 is 13.6 Å². The molecule has 9 rings (SSSR count). The van der Waals surface area contributed by atoms with Crippen LogP contribution >= 0.6 is 0 Å². The first kappa shape index (κ1) is 24.3. The Bertz CT molecular complexity index is 2520. The Morgan fingerprint density at radius 3 is 1.79 bits per heavy atom. The Morgan fingerprint density at radius 1 is 0.488 bits per heavy atom. The lowest BCUT2D eigenvalue weighted by Crippen LogP contribution is -2.13. The van der Waals surface area contributed by atoms with Crippen molar-refractivity contribution in [3.05, 3.63) is 133 Å². The van der Waals surface area contributed by atoms with E-state index in [-0.39, 0.29) is 5.41 Å². The molecule has 0 N–H and O–H groups in total. The van der Waals surface area contributed by atoms with Gasteiger partial charge in [0.2, 0.25) is 0 Å². The minimum atomic E-state index is -0.115. The number of hydrogen-bond donors (Lipinski definition) is 0. The zero-order valence-electron chi connectivity index (χ0n) is 24.4. The molecular formula is C40H30N2O. The molecule has 3 heteroatoms.